The maximum Gasteiger partial charge on any atom is 2.00 e. The van der Waals surface area contributed by atoms with E-state index in [0.29, 0.717) is 13.2 Å². The summed E-state index contributed by atoms with van der Waals surface area (Å²) in [4.78, 5) is 0. The Bertz CT molecular complexity index is 713. The molecular weight excluding hydrogens is 644 g/mol. The number of thiocarbonyl (C=S) groups is 2. The van der Waals surface area contributed by atoms with Gasteiger partial charge in [0.1, 0.15) is 0 Å². The number of ether oxygens (including phenoxy) is 2. The predicted octanol–water partition coefficient (Wildman–Crippen LogP) is 6.20. The van der Waals surface area contributed by atoms with E-state index in [-0.39, 0.29) is 40.7 Å². The SMILES string of the molecule is CC(C)(COC(=S)[S-])Cc1ccccc1.CC(C)(COC(=S)[S-])Cc1ccccc1.[Pt+2]. The van der Waals surface area contributed by atoms with Gasteiger partial charge in [-0.1, -0.05) is 88.4 Å². The molecule has 0 aliphatic rings. The van der Waals surface area contributed by atoms with Crippen LogP contribution in [0.2, 0.25) is 0 Å². The van der Waals surface area contributed by atoms with Gasteiger partial charge in [0, 0.05) is 19.6 Å². The van der Waals surface area contributed by atoms with Crippen LogP contribution in [0.4, 0.5) is 0 Å². The van der Waals surface area contributed by atoms with E-state index >= 15 is 0 Å². The summed E-state index contributed by atoms with van der Waals surface area (Å²) in [5.74, 6) is 0. The van der Waals surface area contributed by atoms with Crippen molar-refractivity contribution in [3.8, 4) is 0 Å². The van der Waals surface area contributed by atoms with Crippen molar-refractivity contribution in [2.75, 3.05) is 13.2 Å². The topological polar surface area (TPSA) is 18.5 Å². The van der Waals surface area contributed by atoms with Gasteiger partial charge in [-0.25, -0.2) is 0 Å². The zero-order valence-electron chi connectivity index (χ0n) is 18.4. The average molecular weight is 674 g/mol. The molecule has 0 unspecified atom stereocenters. The molecule has 31 heavy (non-hydrogen) atoms. The van der Waals surface area contributed by atoms with E-state index in [2.05, 4.69) is 52.0 Å². The standard InChI is InChI=1S/2C12H16OS2.Pt/c2*1-12(2,9-13-11(14)15)8-10-6-4-3-5-7-10;/h2*3-7H,8-9H2,1-2H3,(H,14,15);/q;;+2/p-2. The molecule has 0 radical (unpaired) electrons. The van der Waals surface area contributed by atoms with Crippen LogP contribution in [0.25, 0.3) is 0 Å². The van der Waals surface area contributed by atoms with Crippen LogP contribution in [0, 0.1) is 10.8 Å². The number of rotatable bonds is 8. The molecule has 2 aromatic carbocycles. The van der Waals surface area contributed by atoms with Crippen molar-refractivity contribution < 1.29 is 30.5 Å². The summed E-state index contributed by atoms with van der Waals surface area (Å²) in [6, 6.07) is 20.7. The number of hydrogen-bond donors (Lipinski definition) is 0. The molecule has 0 aliphatic carbocycles. The molecule has 0 amide bonds. The smallest absolute Gasteiger partial charge is 0.513 e. The molecule has 0 aromatic heterocycles. The molecule has 2 aromatic rings. The van der Waals surface area contributed by atoms with Gasteiger partial charge in [0.15, 0.2) is 0 Å². The molecule has 0 aliphatic heterocycles. The number of hydrogen-bond acceptors (Lipinski definition) is 6. The maximum absolute atomic E-state index is 5.23. The first-order valence-corrected chi connectivity index (χ1v) is 11.4. The van der Waals surface area contributed by atoms with Crippen LogP contribution in [-0.2, 0) is 68.6 Å². The zero-order chi connectivity index (χ0) is 22.6. The Hall–Kier alpha value is -0.652. The van der Waals surface area contributed by atoms with E-state index in [9.17, 15) is 0 Å². The van der Waals surface area contributed by atoms with Gasteiger partial charge in [0.2, 0.25) is 0 Å². The van der Waals surface area contributed by atoms with Gasteiger partial charge in [0.05, 0.1) is 13.2 Å². The normalized spacial score (nSPS) is 10.7. The fourth-order valence-electron chi connectivity index (χ4n) is 2.91. The van der Waals surface area contributed by atoms with Gasteiger partial charge >= 0.3 is 21.1 Å². The Kier molecular flexibility index (Phi) is 14.9. The van der Waals surface area contributed by atoms with Crippen LogP contribution in [-0.4, -0.2) is 22.0 Å². The van der Waals surface area contributed by atoms with Gasteiger partial charge in [-0.2, -0.15) is 0 Å². The van der Waals surface area contributed by atoms with Gasteiger partial charge in [-0.3, -0.25) is 0 Å². The van der Waals surface area contributed by atoms with Crippen LogP contribution in [0.3, 0.4) is 0 Å². The first kappa shape index (κ1) is 30.3. The van der Waals surface area contributed by atoms with Crippen LogP contribution in [0.5, 0.6) is 0 Å². The third kappa shape index (κ3) is 15.7. The quantitative estimate of drug-likeness (QED) is 0.244. The molecule has 2 nitrogen and oxygen atoms in total. The van der Waals surface area contributed by atoms with E-state index in [0.717, 1.165) is 12.8 Å². The second kappa shape index (κ2) is 15.2. The summed E-state index contributed by atoms with van der Waals surface area (Å²) in [6.45, 7) is 9.73. The minimum absolute atomic E-state index is 0. The van der Waals surface area contributed by atoms with Crippen LogP contribution < -0.4 is 0 Å². The minimum atomic E-state index is 0. The molecule has 0 saturated heterocycles. The van der Waals surface area contributed by atoms with Gasteiger partial charge in [-0.15, -0.1) is 0 Å². The summed E-state index contributed by atoms with van der Waals surface area (Å²) in [7, 11) is 0. The second-order valence-electron chi connectivity index (χ2n) is 8.73. The first-order valence-electron chi connectivity index (χ1n) is 9.74. The van der Waals surface area contributed by atoms with Crippen LogP contribution in [0.15, 0.2) is 60.7 Å². The fraction of sp³-hybridized carbons (Fsp3) is 0.417. The van der Waals surface area contributed by atoms with Crippen LogP contribution >= 0.6 is 24.4 Å². The van der Waals surface area contributed by atoms with Crippen molar-refractivity contribution >= 4 is 58.5 Å². The van der Waals surface area contributed by atoms with Crippen molar-refractivity contribution in [2.24, 2.45) is 10.8 Å². The van der Waals surface area contributed by atoms with Crippen molar-refractivity contribution in [3.05, 3.63) is 71.8 Å². The third-order valence-electron chi connectivity index (χ3n) is 4.21. The summed E-state index contributed by atoms with van der Waals surface area (Å²) >= 11 is 18.9. The summed E-state index contributed by atoms with van der Waals surface area (Å²) < 4.78 is 10.9. The summed E-state index contributed by atoms with van der Waals surface area (Å²) in [5, 5.41) is 0. The molecule has 2 rings (SSSR count). The average Bonchev–Trinajstić information content (AvgIpc) is 2.67. The number of benzene rings is 2. The molecule has 0 fully saturated rings. The molecule has 172 valence electrons. The molecular formula is C24H30O2PtS4. The Morgan fingerprint density at radius 1 is 0.677 bits per heavy atom. The van der Waals surface area contributed by atoms with Crippen molar-refractivity contribution in [1.29, 1.82) is 0 Å². The van der Waals surface area contributed by atoms with E-state index in [1.807, 2.05) is 36.4 Å². The van der Waals surface area contributed by atoms with Crippen molar-refractivity contribution in [1.82, 2.24) is 0 Å². The van der Waals surface area contributed by atoms with Gasteiger partial charge in [-0.05, 0) is 24.0 Å². The predicted molar refractivity (Wildman–Crippen MR) is 140 cm³/mol. The van der Waals surface area contributed by atoms with E-state index in [4.69, 9.17) is 59.2 Å². The summed E-state index contributed by atoms with van der Waals surface area (Å²) in [6.07, 6.45) is 1.93. The Morgan fingerprint density at radius 3 is 1.23 bits per heavy atom. The van der Waals surface area contributed by atoms with Crippen molar-refractivity contribution in [3.63, 3.8) is 0 Å². The van der Waals surface area contributed by atoms with Gasteiger partial charge in [0.25, 0.3) is 0 Å². The monoisotopic (exact) mass is 673 g/mol. The van der Waals surface area contributed by atoms with Gasteiger partial charge < -0.3 is 59.2 Å². The molecule has 0 bridgehead atoms. The van der Waals surface area contributed by atoms with E-state index in [1.54, 1.807) is 0 Å². The third-order valence-corrected chi connectivity index (χ3v) is 4.68. The maximum atomic E-state index is 5.23. The molecule has 0 N–H and O–H groups in total. The molecule has 0 heterocycles. The summed E-state index contributed by atoms with van der Waals surface area (Å²) in [5.41, 5.74) is 2.73. The Balaban J connectivity index is 0.000000562. The Labute approximate surface area is 224 Å². The van der Waals surface area contributed by atoms with E-state index < -0.39 is 0 Å². The fourth-order valence-corrected chi connectivity index (χ4v) is 3.14. The first-order chi connectivity index (χ1) is 14.0. The Morgan fingerprint density at radius 2 is 0.968 bits per heavy atom. The van der Waals surface area contributed by atoms with Crippen LogP contribution in [0.1, 0.15) is 38.8 Å². The largest absolute Gasteiger partial charge is 2.00 e. The molecule has 0 atom stereocenters. The minimum Gasteiger partial charge on any atom is -0.513 e. The molecule has 0 spiro atoms. The molecule has 7 heteroatoms. The molecule has 0 saturated carbocycles. The second-order valence-corrected chi connectivity index (χ2v) is 10.7. The van der Waals surface area contributed by atoms with E-state index in [1.165, 1.54) is 11.1 Å². The zero-order valence-corrected chi connectivity index (χ0v) is 23.9. The van der Waals surface area contributed by atoms with Crippen molar-refractivity contribution in [2.45, 2.75) is 40.5 Å².